The molecule has 0 saturated carbocycles. The van der Waals surface area contributed by atoms with Crippen molar-refractivity contribution in [3.8, 4) is 5.88 Å². The second-order valence-corrected chi connectivity index (χ2v) is 7.50. The number of hydrogen-bond donors (Lipinski definition) is 2. The van der Waals surface area contributed by atoms with Crippen LogP contribution in [0.2, 0.25) is 0 Å². The molecule has 3 heterocycles. The molecule has 1 unspecified atom stereocenters. The molecule has 0 aromatic carbocycles. The molecule has 0 amide bonds. The van der Waals surface area contributed by atoms with E-state index in [1.54, 1.807) is 6.20 Å². The third-order valence-corrected chi connectivity index (χ3v) is 5.66. The average molecular weight is 388 g/mol. The maximum Gasteiger partial charge on any atom is 0.213 e. The van der Waals surface area contributed by atoms with E-state index in [4.69, 9.17) is 4.74 Å². The number of aromatic nitrogens is 1. The van der Waals surface area contributed by atoms with Gasteiger partial charge in [0.05, 0.1) is 12.6 Å². The Morgan fingerprint density at radius 3 is 2.89 bits per heavy atom. The minimum Gasteiger partial charge on any atom is -0.478 e. The molecule has 1 fully saturated rings. The molecule has 1 aliphatic rings. The molecule has 0 aliphatic carbocycles. The van der Waals surface area contributed by atoms with Crippen molar-refractivity contribution >= 4 is 17.3 Å². The summed E-state index contributed by atoms with van der Waals surface area (Å²) < 4.78 is 5.47. The Balaban J connectivity index is 1.55. The minimum absolute atomic E-state index is 0.400. The van der Waals surface area contributed by atoms with Crippen molar-refractivity contribution in [1.82, 2.24) is 20.5 Å². The second-order valence-electron chi connectivity index (χ2n) is 6.52. The van der Waals surface area contributed by atoms with E-state index in [0.717, 1.165) is 18.1 Å². The second kappa shape index (κ2) is 10.3. The van der Waals surface area contributed by atoms with Crippen molar-refractivity contribution in [3.63, 3.8) is 0 Å². The first-order valence-corrected chi connectivity index (χ1v) is 10.5. The molecule has 1 saturated heterocycles. The summed E-state index contributed by atoms with van der Waals surface area (Å²) in [7, 11) is 1.81. The Labute approximate surface area is 165 Å². The quantitative estimate of drug-likeness (QED) is 0.538. The predicted molar refractivity (Wildman–Crippen MR) is 111 cm³/mol. The Morgan fingerprint density at radius 1 is 1.33 bits per heavy atom. The van der Waals surface area contributed by atoms with Gasteiger partial charge < -0.3 is 15.4 Å². The number of hydrogen-bond acceptors (Lipinski definition) is 5. The molecule has 0 radical (unpaired) electrons. The number of aliphatic imine (C=N–C) groups is 1. The first-order chi connectivity index (χ1) is 13.3. The zero-order valence-corrected chi connectivity index (χ0v) is 17.0. The monoisotopic (exact) mass is 387 g/mol. The largest absolute Gasteiger partial charge is 0.478 e. The highest BCUT2D eigenvalue weighted by atomic mass is 32.1. The summed E-state index contributed by atoms with van der Waals surface area (Å²) in [6.45, 7) is 6.45. The van der Waals surface area contributed by atoms with E-state index in [9.17, 15) is 0 Å². The number of thiophene rings is 1. The van der Waals surface area contributed by atoms with Crippen molar-refractivity contribution in [2.75, 3.05) is 33.3 Å². The van der Waals surface area contributed by atoms with Gasteiger partial charge in [-0.15, -0.1) is 11.3 Å². The number of pyridine rings is 1. The third-order valence-electron chi connectivity index (χ3n) is 4.69. The third kappa shape index (κ3) is 5.68. The van der Waals surface area contributed by atoms with Gasteiger partial charge in [-0.05, 0) is 55.9 Å². The summed E-state index contributed by atoms with van der Waals surface area (Å²) in [4.78, 5) is 12.6. The van der Waals surface area contributed by atoms with Gasteiger partial charge in [-0.1, -0.05) is 6.07 Å². The van der Waals surface area contributed by atoms with Gasteiger partial charge in [-0.2, -0.15) is 0 Å². The molecule has 146 valence electrons. The Morgan fingerprint density at radius 2 is 2.19 bits per heavy atom. The van der Waals surface area contributed by atoms with Crippen LogP contribution in [0.1, 0.15) is 36.2 Å². The van der Waals surface area contributed by atoms with Gasteiger partial charge in [0.15, 0.2) is 5.96 Å². The lowest BCUT2D eigenvalue weighted by atomic mass is 10.2. The minimum atomic E-state index is 0.400. The number of rotatable bonds is 8. The van der Waals surface area contributed by atoms with E-state index in [-0.39, 0.29) is 0 Å². The average Bonchev–Trinajstić information content (AvgIpc) is 3.40. The highest BCUT2D eigenvalue weighted by Crippen LogP contribution is 2.27. The Hall–Kier alpha value is -2.12. The zero-order chi connectivity index (χ0) is 18.9. The topological polar surface area (TPSA) is 61.8 Å². The van der Waals surface area contributed by atoms with Crippen LogP contribution in [0.5, 0.6) is 5.88 Å². The molecule has 0 spiro atoms. The van der Waals surface area contributed by atoms with Crippen molar-refractivity contribution in [3.05, 3.63) is 46.3 Å². The normalized spacial score (nSPS) is 16.3. The molecule has 1 atom stereocenters. The summed E-state index contributed by atoms with van der Waals surface area (Å²) in [6.07, 6.45) is 4.36. The van der Waals surface area contributed by atoms with E-state index in [2.05, 4.69) is 43.0 Å². The molecule has 7 heteroatoms. The molecular weight excluding hydrogens is 358 g/mol. The lowest BCUT2D eigenvalue weighted by molar-refractivity contribution is 0.249. The lowest BCUT2D eigenvalue weighted by Crippen LogP contribution is -2.42. The molecule has 2 aromatic heterocycles. The standard InChI is InChI=1S/C20H29N5OS/c1-3-26-19-13-16(8-9-22-19)14-23-20(21-2)24-15-17(18-7-6-12-27-18)25-10-4-5-11-25/h6-9,12-13,17H,3-5,10-11,14-15H2,1-2H3,(H2,21,23,24). The van der Waals surface area contributed by atoms with Crippen molar-refractivity contribution in [2.24, 2.45) is 4.99 Å². The van der Waals surface area contributed by atoms with E-state index in [0.29, 0.717) is 25.1 Å². The summed E-state index contributed by atoms with van der Waals surface area (Å²) in [6, 6.07) is 8.72. The van der Waals surface area contributed by atoms with Crippen LogP contribution in [-0.2, 0) is 6.54 Å². The Kier molecular flexibility index (Phi) is 7.47. The molecule has 3 rings (SSSR count). The molecule has 2 N–H and O–H groups in total. The van der Waals surface area contributed by atoms with Crippen LogP contribution in [0.15, 0.2) is 40.8 Å². The summed E-state index contributed by atoms with van der Waals surface area (Å²) in [5.41, 5.74) is 1.12. The summed E-state index contributed by atoms with van der Waals surface area (Å²) in [5.74, 6) is 1.47. The van der Waals surface area contributed by atoms with Gasteiger partial charge in [0.25, 0.3) is 0 Å². The fourth-order valence-electron chi connectivity index (χ4n) is 3.33. The van der Waals surface area contributed by atoms with Crippen LogP contribution in [0, 0.1) is 0 Å². The summed E-state index contributed by atoms with van der Waals surface area (Å²) in [5, 5.41) is 9.05. The van der Waals surface area contributed by atoms with Gasteiger partial charge >= 0.3 is 0 Å². The number of guanidine groups is 1. The van der Waals surface area contributed by atoms with E-state index >= 15 is 0 Å². The predicted octanol–water partition coefficient (Wildman–Crippen LogP) is 3.04. The van der Waals surface area contributed by atoms with E-state index < -0.39 is 0 Å². The number of nitrogens with zero attached hydrogens (tertiary/aromatic N) is 3. The number of ether oxygens (including phenoxy) is 1. The van der Waals surface area contributed by atoms with E-state index in [1.165, 1.54) is 30.8 Å². The zero-order valence-electron chi connectivity index (χ0n) is 16.1. The van der Waals surface area contributed by atoms with Crippen LogP contribution >= 0.6 is 11.3 Å². The van der Waals surface area contributed by atoms with Crippen molar-refractivity contribution in [1.29, 1.82) is 0 Å². The van der Waals surface area contributed by atoms with Crippen LogP contribution in [0.3, 0.4) is 0 Å². The van der Waals surface area contributed by atoms with Gasteiger partial charge in [-0.3, -0.25) is 9.89 Å². The SMILES string of the molecule is CCOc1cc(CNC(=NC)NCC(c2cccs2)N2CCCC2)ccn1. The maximum atomic E-state index is 5.47. The Bertz CT molecular complexity index is 713. The summed E-state index contributed by atoms with van der Waals surface area (Å²) >= 11 is 1.83. The smallest absolute Gasteiger partial charge is 0.213 e. The fraction of sp³-hybridized carbons (Fsp3) is 0.500. The molecule has 6 nitrogen and oxygen atoms in total. The number of nitrogens with one attached hydrogen (secondary N) is 2. The van der Waals surface area contributed by atoms with Crippen LogP contribution in [0.4, 0.5) is 0 Å². The van der Waals surface area contributed by atoms with Gasteiger partial charge in [0.2, 0.25) is 5.88 Å². The highest BCUT2D eigenvalue weighted by molar-refractivity contribution is 7.10. The fourth-order valence-corrected chi connectivity index (χ4v) is 4.19. The van der Waals surface area contributed by atoms with E-state index in [1.807, 2.05) is 37.4 Å². The molecule has 27 heavy (non-hydrogen) atoms. The molecule has 0 bridgehead atoms. The van der Waals surface area contributed by atoms with Crippen LogP contribution in [0.25, 0.3) is 0 Å². The van der Waals surface area contributed by atoms with Crippen molar-refractivity contribution < 1.29 is 4.74 Å². The molecular formula is C20H29N5OS. The van der Waals surface area contributed by atoms with Gasteiger partial charge in [0, 0.05) is 37.3 Å². The van der Waals surface area contributed by atoms with Crippen LogP contribution < -0.4 is 15.4 Å². The lowest BCUT2D eigenvalue weighted by Gasteiger charge is -2.27. The number of likely N-dealkylation sites (tertiary alicyclic amines) is 1. The molecule has 2 aromatic rings. The van der Waals surface area contributed by atoms with Crippen molar-refractivity contribution in [2.45, 2.75) is 32.4 Å². The first-order valence-electron chi connectivity index (χ1n) is 9.60. The highest BCUT2D eigenvalue weighted by Gasteiger charge is 2.24. The molecule has 1 aliphatic heterocycles. The van der Waals surface area contributed by atoms with Crippen LogP contribution in [-0.4, -0.2) is 49.1 Å². The van der Waals surface area contributed by atoms with Gasteiger partial charge in [-0.25, -0.2) is 4.98 Å². The maximum absolute atomic E-state index is 5.47. The first kappa shape index (κ1) is 19.6. The van der Waals surface area contributed by atoms with Gasteiger partial charge in [0.1, 0.15) is 0 Å².